The minimum atomic E-state index is -0.310. The van der Waals surface area contributed by atoms with Gasteiger partial charge in [-0.2, -0.15) is 14.9 Å². The predicted octanol–water partition coefficient (Wildman–Crippen LogP) is 4.19. The van der Waals surface area contributed by atoms with Gasteiger partial charge in [-0.15, -0.1) is 0 Å². The number of fused-ring (bicyclic) bond motifs is 1. The van der Waals surface area contributed by atoms with Gasteiger partial charge in [0, 0.05) is 6.07 Å². The van der Waals surface area contributed by atoms with Crippen molar-refractivity contribution in [1.82, 2.24) is 29.5 Å². The van der Waals surface area contributed by atoms with Crippen molar-refractivity contribution < 1.29 is 9.53 Å². The molecule has 0 radical (unpaired) electrons. The van der Waals surface area contributed by atoms with Crippen molar-refractivity contribution in [2.45, 2.75) is 20.8 Å². The second-order valence-electron chi connectivity index (χ2n) is 8.00. The van der Waals surface area contributed by atoms with Gasteiger partial charge in [-0.05, 0) is 56.2 Å². The maximum absolute atomic E-state index is 13.0. The quantitative estimate of drug-likeness (QED) is 0.428. The van der Waals surface area contributed by atoms with Gasteiger partial charge < -0.3 is 10.1 Å². The van der Waals surface area contributed by atoms with Crippen molar-refractivity contribution in [2.75, 3.05) is 12.4 Å². The van der Waals surface area contributed by atoms with Crippen LogP contribution in [0.15, 0.2) is 61.1 Å². The first-order chi connectivity index (χ1) is 16.5. The number of carbonyl (C=O) groups excluding carboxylic acids is 1. The molecule has 3 heterocycles. The molecular formula is C25H23N7O2. The fraction of sp³-hybridized carbons (Fsp3) is 0.160. The lowest BCUT2D eigenvalue weighted by molar-refractivity contribution is 0.102. The number of anilines is 1. The Kier molecular flexibility index (Phi) is 5.29. The maximum atomic E-state index is 13.0. The molecule has 34 heavy (non-hydrogen) atoms. The van der Waals surface area contributed by atoms with Crippen LogP contribution in [0.3, 0.4) is 0 Å². The largest absolute Gasteiger partial charge is 0.496 e. The van der Waals surface area contributed by atoms with Crippen molar-refractivity contribution in [3.63, 3.8) is 0 Å². The highest BCUT2D eigenvalue weighted by Crippen LogP contribution is 2.26. The molecule has 170 valence electrons. The molecule has 0 aliphatic rings. The number of carbonyl (C=O) groups is 1. The molecule has 0 bridgehead atoms. The van der Waals surface area contributed by atoms with Crippen molar-refractivity contribution in [1.29, 1.82) is 0 Å². The molecule has 1 amide bonds. The third-order valence-corrected chi connectivity index (χ3v) is 5.71. The summed E-state index contributed by atoms with van der Waals surface area (Å²) in [6.07, 6.45) is 3.18. The number of aryl methyl sites for hydroxylation is 3. The van der Waals surface area contributed by atoms with E-state index in [9.17, 15) is 4.79 Å². The molecule has 5 aromatic rings. The van der Waals surface area contributed by atoms with Crippen LogP contribution in [-0.2, 0) is 0 Å². The van der Waals surface area contributed by atoms with Crippen molar-refractivity contribution in [3.05, 3.63) is 83.4 Å². The summed E-state index contributed by atoms with van der Waals surface area (Å²) in [6, 6.07) is 15.0. The second-order valence-corrected chi connectivity index (χ2v) is 8.00. The van der Waals surface area contributed by atoms with Crippen LogP contribution < -0.4 is 10.1 Å². The van der Waals surface area contributed by atoms with E-state index in [4.69, 9.17) is 4.74 Å². The Morgan fingerprint density at radius 2 is 1.79 bits per heavy atom. The Hall–Kier alpha value is -4.53. The van der Waals surface area contributed by atoms with Crippen LogP contribution in [0.25, 0.3) is 22.5 Å². The zero-order valence-corrected chi connectivity index (χ0v) is 19.3. The zero-order chi connectivity index (χ0) is 23.8. The molecule has 2 aromatic carbocycles. The van der Waals surface area contributed by atoms with Gasteiger partial charge in [0.2, 0.25) is 0 Å². The summed E-state index contributed by atoms with van der Waals surface area (Å²) in [6.45, 7) is 5.99. The van der Waals surface area contributed by atoms with E-state index in [1.807, 2.05) is 19.1 Å². The molecule has 3 aromatic heterocycles. The summed E-state index contributed by atoms with van der Waals surface area (Å²) >= 11 is 0. The van der Waals surface area contributed by atoms with Crippen LogP contribution in [0.2, 0.25) is 0 Å². The highest BCUT2D eigenvalue weighted by molar-refractivity contribution is 6.06. The number of nitrogens with zero attached hydrogens (tertiary/aromatic N) is 6. The summed E-state index contributed by atoms with van der Waals surface area (Å²) in [5.74, 6) is 1.17. The summed E-state index contributed by atoms with van der Waals surface area (Å²) in [5, 5.41) is 12.8. The smallest absolute Gasteiger partial charge is 0.260 e. The lowest BCUT2D eigenvalue weighted by Gasteiger charge is -2.11. The second kappa shape index (κ2) is 8.43. The first-order valence-corrected chi connectivity index (χ1v) is 10.7. The van der Waals surface area contributed by atoms with E-state index < -0.39 is 0 Å². The van der Waals surface area contributed by atoms with E-state index in [-0.39, 0.29) is 5.91 Å². The van der Waals surface area contributed by atoms with Gasteiger partial charge in [0.15, 0.2) is 11.5 Å². The Balaban J connectivity index is 1.57. The number of para-hydroxylation sites is 1. The lowest BCUT2D eigenvalue weighted by Crippen LogP contribution is -2.16. The average Bonchev–Trinajstić information content (AvgIpc) is 3.44. The monoisotopic (exact) mass is 453 g/mol. The number of hydrogen-bond acceptors (Lipinski definition) is 6. The Bertz CT molecular complexity index is 1530. The maximum Gasteiger partial charge on any atom is 0.260 e. The van der Waals surface area contributed by atoms with Gasteiger partial charge in [0.25, 0.3) is 5.91 Å². The van der Waals surface area contributed by atoms with Crippen LogP contribution in [-0.4, -0.2) is 42.5 Å². The van der Waals surface area contributed by atoms with Crippen molar-refractivity contribution >= 4 is 22.8 Å². The highest BCUT2D eigenvalue weighted by atomic mass is 16.5. The summed E-state index contributed by atoms with van der Waals surface area (Å²) < 4.78 is 8.70. The van der Waals surface area contributed by atoms with E-state index in [0.717, 1.165) is 11.4 Å². The Labute approximate surface area is 196 Å². The number of amides is 1. The van der Waals surface area contributed by atoms with Gasteiger partial charge in [-0.25, -0.2) is 14.6 Å². The van der Waals surface area contributed by atoms with Crippen molar-refractivity contribution in [3.8, 4) is 17.3 Å². The van der Waals surface area contributed by atoms with E-state index in [0.29, 0.717) is 34.0 Å². The third-order valence-electron chi connectivity index (χ3n) is 5.71. The predicted molar refractivity (Wildman–Crippen MR) is 129 cm³/mol. The number of ether oxygens (including phenoxy) is 1. The van der Waals surface area contributed by atoms with E-state index >= 15 is 0 Å². The molecule has 0 aliphatic heterocycles. The Morgan fingerprint density at radius 3 is 2.59 bits per heavy atom. The fourth-order valence-corrected chi connectivity index (χ4v) is 3.81. The third kappa shape index (κ3) is 3.66. The van der Waals surface area contributed by atoms with Gasteiger partial charge >= 0.3 is 0 Å². The highest BCUT2D eigenvalue weighted by Gasteiger charge is 2.19. The summed E-state index contributed by atoms with van der Waals surface area (Å²) in [5.41, 5.74) is 5.07. The summed E-state index contributed by atoms with van der Waals surface area (Å²) in [7, 11) is 1.53. The Morgan fingerprint density at radius 1 is 0.971 bits per heavy atom. The van der Waals surface area contributed by atoms with E-state index in [1.165, 1.54) is 24.6 Å². The molecule has 9 heteroatoms. The average molecular weight is 454 g/mol. The molecule has 0 saturated carbocycles. The number of hydrogen-bond donors (Lipinski definition) is 1. The summed E-state index contributed by atoms with van der Waals surface area (Å²) in [4.78, 5) is 21.9. The van der Waals surface area contributed by atoms with Crippen LogP contribution in [0.4, 0.5) is 5.82 Å². The molecule has 0 atom stereocenters. The van der Waals surface area contributed by atoms with E-state index in [2.05, 4.69) is 51.5 Å². The molecule has 9 nitrogen and oxygen atoms in total. The van der Waals surface area contributed by atoms with Crippen LogP contribution in [0.1, 0.15) is 27.2 Å². The molecule has 0 spiro atoms. The fourth-order valence-electron chi connectivity index (χ4n) is 3.81. The van der Waals surface area contributed by atoms with E-state index in [1.54, 1.807) is 39.8 Å². The van der Waals surface area contributed by atoms with Crippen LogP contribution >= 0.6 is 0 Å². The van der Waals surface area contributed by atoms with Gasteiger partial charge in [-0.3, -0.25) is 4.79 Å². The van der Waals surface area contributed by atoms with Gasteiger partial charge in [0.05, 0.1) is 35.6 Å². The topological polar surface area (TPSA) is 99.8 Å². The van der Waals surface area contributed by atoms with Gasteiger partial charge in [-0.1, -0.05) is 18.2 Å². The molecule has 0 fully saturated rings. The normalized spacial score (nSPS) is 11.1. The van der Waals surface area contributed by atoms with Crippen molar-refractivity contribution in [2.24, 2.45) is 0 Å². The van der Waals surface area contributed by atoms with Crippen LogP contribution in [0, 0.1) is 20.8 Å². The number of aromatic nitrogens is 6. The first-order valence-electron chi connectivity index (χ1n) is 10.7. The lowest BCUT2D eigenvalue weighted by atomic mass is 10.1. The number of rotatable bonds is 5. The standard InChI is InChI=1S/C25H23N7O2/c1-15-9-10-18(11-16(15)2)31-23-20(13-28-31)24(27-14-26-23)32-22(12-17(3)30-32)29-25(33)19-7-5-6-8-21(19)34-4/h5-14H,1-4H3,(H,29,33). The zero-order valence-electron chi connectivity index (χ0n) is 19.3. The number of nitrogens with one attached hydrogen (secondary N) is 1. The SMILES string of the molecule is COc1ccccc1C(=O)Nc1cc(C)nn1-c1ncnc2c1cnn2-c1ccc(C)c(C)c1. The molecule has 0 aliphatic carbocycles. The molecule has 1 N–H and O–H groups in total. The minimum absolute atomic E-state index is 0.310. The van der Waals surface area contributed by atoms with Crippen LogP contribution in [0.5, 0.6) is 5.75 Å². The molecule has 0 saturated heterocycles. The van der Waals surface area contributed by atoms with Gasteiger partial charge in [0.1, 0.15) is 17.9 Å². The minimum Gasteiger partial charge on any atom is -0.496 e. The number of methoxy groups -OCH3 is 1. The first kappa shape index (κ1) is 21.3. The molecular weight excluding hydrogens is 430 g/mol. The molecule has 0 unspecified atom stereocenters. The number of benzene rings is 2. The molecule has 5 rings (SSSR count).